The molecule has 4 aliphatic rings. The third-order valence-corrected chi connectivity index (χ3v) is 12.6. The minimum absolute atomic E-state index is 0.0238. The first-order chi connectivity index (χ1) is 17.9. The second-order valence-electron chi connectivity index (χ2n) is 13.8. The summed E-state index contributed by atoms with van der Waals surface area (Å²) in [6, 6.07) is 9.25. The Labute approximate surface area is 231 Å². The highest BCUT2D eigenvalue weighted by atomic mass is 32.2. The van der Waals surface area contributed by atoms with Crippen LogP contribution in [0.1, 0.15) is 98.0 Å². The Morgan fingerprint density at radius 1 is 1.03 bits per heavy atom. The van der Waals surface area contributed by atoms with Crippen LogP contribution in [-0.4, -0.2) is 26.2 Å². The lowest BCUT2D eigenvalue weighted by Gasteiger charge is -2.59. The normalized spacial score (nSPS) is 35.2. The quantitative estimate of drug-likeness (QED) is 0.273. The van der Waals surface area contributed by atoms with Crippen molar-refractivity contribution in [2.24, 2.45) is 34.0 Å². The van der Waals surface area contributed by atoms with E-state index >= 15 is 0 Å². The molecule has 0 aliphatic heterocycles. The summed E-state index contributed by atoms with van der Waals surface area (Å²) < 4.78 is 30.2. The Kier molecular flexibility index (Phi) is 7.54. The van der Waals surface area contributed by atoms with Gasteiger partial charge in [0.2, 0.25) is 0 Å². The van der Waals surface area contributed by atoms with Gasteiger partial charge in [0.25, 0.3) is 10.1 Å². The van der Waals surface area contributed by atoms with E-state index in [9.17, 15) is 13.5 Å². The SMILES string of the molecule is C[C@H](CCCOS(=O)(=O)Cc1ccccc1)[C@H]1CC=C2C3=C(CC[C@@]21C)[C@@]1(C)CCC(O)C(C)(C)[C@@H]1CC3. The second kappa shape index (κ2) is 10.2. The van der Waals surface area contributed by atoms with Gasteiger partial charge in [0.15, 0.2) is 0 Å². The third-order valence-electron chi connectivity index (χ3n) is 11.4. The highest BCUT2D eigenvalue weighted by molar-refractivity contribution is 7.85. The Balaban J connectivity index is 1.21. The summed E-state index contributed by atoms with van der Waals surface area (Å²) in [6.07, 6.45) is 12.0. The maximum absolute atomic E-state index is 12.4. The van der Waals surface area contributed by atoms with E-state index in [1.54, 1.807) is 16.7 Å². The summed E-state index contributed by atoms with van der Waals surface area (Å²) >= 11 is 0. The van der Waals surface area contributed by atoms with Gasteiger partial charge >= 0.3 is 0 Å². The molecule has 6 atom stereocenters. The van der Waals surface area contributed by atoms with E-state index < -0.39 is 10.1 Å². The Bertz CT molecular complexity index is 1200. The van der Waals surface area contributed by atoms with Gasteiger partial charge < -0.3 is 5.11 Å². The maximum Gasteiger partial charge on any atom is 0.271 e. The van der Waals surface area contributed by atoms with E-state index in [0.717, 1.165) is 44.1 Å². The van der Waals surface area contributed by atoms with Gasteiger partial charge in [-0.1, -0.05) is 76.6 Å². The van der Waals surface area contributed by atoms with Gasteiger partial charge in [0.05, 0.1) is 12.7 Å². The fourth-order valence-electron chi connectivity index (χ4n) is 9.19. The van der Waals surface area contributed by atoms with Crippen molar-refractivity contribution < 1.29 is 17.7 Å². The first kappa shape index (κ1) is 28.1. The molecule has 38 heavy (non-hydrogen) atoms. The molecule has 1 fully saturated rings. The van der Waals surface area contributed by atoms with E-state index in [2.05, 4.69) is 40.7 Å². The van der Waals surface area contributed by atoms with Gasteiger partial charge in [-0.05, 0) is 108 Å². The Hall–Kier alpha value is -1.43. The van der Waals surface area contributed by atoms with E-state index in [4.69, 9.17) is 4.18 Å². The van der Waals surface area contributed by atoms with E-state index in [1.807, 2.05) is 30.3 Å². The average molecular weight is 541 g/mol. The molecule has 5 rings (SSSR count). The van der Waals surface area contributed by atoms with Crippen molar-refractivity contribution in [2.45, 2.75) is 104 Å². The average Bonchev–Trinajstić information content (AvgIpc) is 3.22. The second-order valence-corrected chi connectivity index (χ2v) is 15.5. The van der Waals surface area contributed by atoms with Crippen molar-refractivity contribution in [2.75, 3.05) is 6.61 Å². The maximum atomic E-state index is 12.4. The predicted molar refractivity (Wildman–Crippen MR) is 154 cm³/mol. The molecule has 1 aromatic rings. The smallest absolute Gasteiger partial charge is 0.271 e. The largest absolute Gasteiger partial charge is 0.393 e. The van der Waals surface area contributed by atoms with Crippen LogP contribution in [0, 0.1) is 34.0 Å². The van der Waals surface area contributed by atoms with Crippen molar-refractivity contribution in [3.8, 4) is 0 Å². The molecule has 4 nitrogen and oxygen atoms in total. The van der Waals surface area contributed by atoms with E-state index in [0.29, 0.717) is 17.8 Å². The number of aliphatic hydroxyl groups excluding tert-OH is 1. The third kappa shape index (κ3) is 4.86. The van der Waals surface area contributed by atoms with Crippen LogP contribution in [0.25, 0.3) is 0 Å². The van der Waals surface area contributed by atoms with Crippen molar-refractivity contribution in [3.05, 3.63) is 58.7 Å². The first-order valence-corrected chi connectivity index (χ1v) is 16.5. The minimum Gasteiger partial charge on any atom is -0.393 e. The van der Waals surface area contributed by atoms with Gasteiger partial charge in [-0.3, -0.25) is 4.18 Å². The Morgan fingerprint density at radius 3 is 2.50 bits per heavy atom. The van der Waals surface area contributed by atoms with E-state index in [-0.39, 0.29) is 34.7 Å². The fraction of sp³-hybridized carbons (Fsp3) is 0.697. The van der Waals surface area contributed by atoms with Crippen LogP contribution >= 0.6 is 0 Å². The lowest BCUT2D eigenvalue weighted by atomic mass is 9.46. The molecule has 1 unspecified atom stereocenters. The number of fused-ring (bicyclic) bond motifs is 4. The molecule has 1 saturated carbocycles. The highest BCUT2D eigenvalue weighted by Crippen LogP contribution is 2.66. The number of benzene rings is 1. The first-order valence-electron chi connectivity index (χ1n) is 14.9. The molecule has 5 heteroatoms. The minimum atomic E-state index is -3.56. The number of allylic oxidation sites excluding steroid dienone is 4. The number of hydrogen-bond acceptors (Lipinski definition) is 4. The molecule has 0 bridgehead atoms. The zero-order chi connectivity index (χ0) is 27.3. The van der Waals surface area contributed by atoms with Crippen LogP contribution in [0.2, 0.25) is 0 Å². The fourth-order valence-corrected chi connectivity index (χ4v) is 10.2. The predicted octanol–water partition coefficient (Wildman–Crippen LogP) is 7.59. The van der Waals surface area contributed by atoms with Crippen LogP contribution in [0.15, 0.2) is 53.1 Å². The van der Waals surface area contributed by atoms with Gasteiger partial charge in [-0.2, -0.15) is 8.42 Å². The standard InChI is InChI=1S/C33H48O4S/c1-23(10-9-21-37-38(35,36)22-24-11-7-6-8-12-24)26-14-15-27-25-13-16-29-31(2,3)30(34)18-20-33(29,5)28(25)17-19-32(26,27)4/h6-8,11-12,15,23,26,29-30,34H,9-10,13-14,16-22H2,1-5H3/t23-,26-,29+,30?,32-,33-/m1/s1. The summed E-state index contributed by atoms with van der Waals surface area (Å²) in [5.41, 5.74) is 6.17. The monoisotopic (exact) mass is 540 g/mol. The zero-order valence-electron chi connectivity index (χ0n) is 24.1. The molecule has 4 aliphatic carbocycles. The van der Waals surface area contributed by atoms with Crippen LogP contribution in [0.3, 0.4) is 0 Å². The van der Waals surface area contributed by atoms with Crippen molar-refractivity contribution in [3.63, 3.8) is 0 Å². The molecule has 210 valence electrons. The molecular formula is C33H48O4S. The summed E-state index contributed by atoms with van der Waals surface area (Å²) in [4.78, 5) is 0. The zero-order valence-corrected chi connectivity index (χ0v) is 24.9. The summed E-state index contributed by atoms with van der Waals surface area (Å²) in [7, 11) is -3.56. The topological polar surface area (TPSA) is 63.6 Å². The highest BCUT2D eigenvalue weighted by Gasteiger charge is 2.57. The number of aliphatic hydroxyl groups is 1. The van der Waals surface area contributed by atoms with Gasteiger partial charge in [-0.15, -0.1) is 0 Å². The van der Waals surface area contributed by atoms with Crippen LogP contribution < -0.4 is 0 Å². The Morgan fingerprint density at radius 2 is 1.76 bits per heavy atom. The lowest BCUT2D eigenvalue weighted by molar-refractivity contribution is -0.0905. The van der Waals surface area contributed by atoms with Crippen molar-refractivity contribution in [1.82, 2.24) is 0 Å². The molecule has 0 saturated heterocycles. The molecule has 0 spiro atoms. The number of hydrogen-bond donors (Lipinski definition) is 1. The molecular weight excluding hydrogens is 492 g/mol. The number of rotatable bonds is 8. The van der Waals surface area contributed by atoms with Gasteiger partial charge in [0, 0.05) is 0 Å². The molecule has 1 aromatic carbocycles. The lowest BCUT2D eigenvalue weighted by Crippen LogP contribution is -2.53. The van der Waals surface area contributed by atoms with Gasteiger partial charge in [-0.25, -0.2) is 0 Å². The van der Waals surface area contributed by atoms with Crippen molar-refractivity contribution >= 4 is 10.1 Å². The van der Waals surface area contributed by atoms with Crippen molar-refractivity contribution in [1.29, 1.82) is 0 Å². The van der Waals surface area contributed by atoms with Crippen LogP contribution in [0.4, 0.5) is 0 Å². The summed E-state index contributed by atoms with van der Waals surface area (Å²) in [5, 5.41) is 10.8. The molecule has 0 aromatic heterocycles. The summed E-state index contributed by atoms with van der Waals surface area (Å²) in [5.74, 6) is 1.61. The van der Waals surface area contributed by atoms with E-state index in [1.165, 1.54) is 19.3 Å². The van der Waals surface area contributed by atoms with Crippen LogP contribution in [-0.2, 0) is 20.1 Å². The van der Waals surface area contributed by atoms with Gasteiger partial charge in [0.1, 0.15) is 5.75 Å². The molecule has 0 heterocycles. The summed E-state index contributed by atoms with van der Waals surface area (Å²) in [6.45, 7) is 12.2. The molecule has 0 radical (unpaired) electrons. The molecule has 0 amide bonds. The molecule has 1 N–H and O–H groups in total. The van der Waals surface area contributed by atoms with Crippen LogP contribution in [0.5, 0.6) is 0 Å².